The molecule has 0 aliphatic rings. The van der Waals surface area contributed by atoms with Crippen molar-refractivity contribution in [2.45, 2.75) is 52.4 Å². The van der Waals surface area contributed by atoms with E-state index in [9.17, 15) is 0 Å². The summed E-state index contributed by atoms with van der Waals surface area (Å²) in [6, 6.07) is 32.4. The number of aromatic nitrogens is 3. The zero-order chi connectivity index (χ0) is 29.2. The van der Waals surface area contributed by atoms with E-state index in [4.69, 9.17) is 9.68 Å². The first-order chi connectivity index (χ1) is 19.5. The molecule has 0 aliphatic carbocycles. The number of nitrogens with zero attached hydrogens (tertiary/aromatic N) is 4. The summed E-state index contributed by atoms with van der Waals surface area (Å²) in [6.45, 7) is 13.1. The Hall–Kier alpha value is -4.17. The number of pyridine rings is 1. The van der Waals surface area contributed by atoms with Crippen molar-refractivity contribution in [3.05, 3.63) is 114 Å². The number of rotatable bonds is 2. The summed E-state index contributed by atoms with van der Waals surface area (Å²) < 4.78 is 6.13. The minimum absolute atomic E-state index is 0. The number of fused-ring (bicyclic) bond motifs is 3. The third-order valence-corrected chi connectivity index (χ3v) is 6.93. The molecule has 0 amide bonds. The second-order valence-corrected chi connectivity index (χ2v) is 12.0. The van der Waals surface area contributed by atoms with Gasteiger partial charge in [0.15, 0.2) is 0 Å². The molecule has 0 fully saturated rings. The number of nitriles is 1. The monoisotopic (exact) mass is 729 g/mol. The van der Waals surface area contributed by atoms with Crippen molar-refractivity contribution in [3.8, 4) is 28.6 Å². The van der Waals surface area contributed by atoms with E-state index in [1.165, 1.54) is 11.1 Å². The Morgan fingerprint density at radius 2 is 1.55 bits per heavy atom. The van der Waals surface area contributed by atoms with Gasteiger partial charge < -0.3 is 9.40 Å². The average Bonchev–Trinajstić information content (AvgIpc) is 3.35. The van der Waals surface area contributed by atoms with Gasteiger partial charge in [-0.2, -0.15) is 5.26 Å². The minimum atomic E-state index is 0. The van der Waals surface area contributed by atoms with Crippen LogP contribution in [0.25, 0.3) is 44.6 Å². The maximum Gasteiger partial charge on any atom is 0.138 e. The van der Waals surface area contributed by atoms with Gasteiger partial charge in [-0.05, 0) is 40.3 Å². The van der Waals surface area contributed by atoms with Crippen molar-refractivity contribution >= 4 is 22.1 Å². The van der Waals surface area contributed by atoms with Crippen LogP contribution in [0.3, 0.4) is 0 Å². The topological polar surface area (TPSA) is 75.6 Å². The van der Waals surface area contributed by atoms with Crippen LogP contribution >= 0.6 is 0 Å². The molecular formula is C36H32IrN4O-2. The van der Waals surface area contributed by atoms with Crippen LogP contribution in [0.5, 0.6) is 0 Å². The van der Waals surface area contributed by atoms with Crippen molar-refractivity contribution < 1.29 is 24.5 Å². The Kier molecular flexibility index (Phi) is 9.06. The van der Waals surface area contributed by atoms with Crippen molar-refractivity contribution in [2.75, 3.05) is 0 Å². The SMILES string of the molecule is CC(C)(C)c1c[c-]c(-c2ccc(C#N)cn2)cc1.CC(C)(C)c1ccc2c(c1)oc1c(-c3[c-]cccc3)ncnc12.[Ir]. The van der Waals surface area contributed by atoms with Crippen molar-refractivity contribution in [2.24, 2.45) is 0 Å². The van der Waals surface area contributed by atoms with Crippen LogP contribution in [0, 0.1) is 23.5 Å². The maximum absolute atomic E-state index is 8.73. The Balaban J connectivity index is 0.000000194. The van der Waals surface area contributed by atoms with Gasteiger partial charge in [-0.3, -0.25) is 4.98 Å². The Morgan fingerprint density at radius 1 is 0.786 bits per heavy atom. The normalized spacial score (nSPS) is 11.4. The van der Waals surface area contributed by atoms with Gasteiger partial charge >= 0.3 is 0 Å². The van der Waals surface area contributed by atoms with Gasteiger partial charge in [0.1, 0.15) is 29.1 Å². The first-order valence-corrected chi connectivity index (χ1v) is 13.6. The molecule has 0 aliphatic heterocycles. The maximum atomic E-state index is 8.73. The van der Waals surface area contributed by atoms with E-state index in [2.05, 4.69) is 99.0 Å². The Morgan fingerprint density at radius 3 is 2.14 bits per heavy atom. The summed E-state index contributed by atoms with van der Waals surface area (Å²) in [4.78, 5) is 13.1. The molecule has 42 heavy (non-hydrogen) atoms. The fourth-order valence-corrected chi connectivity index (χ4v) is 4.44. The molecule has 1 radical (unpaired) electrons. The number of hydrogen-bond acceptors (Lipinski definition) is 5. The Bertz CT molecular complexity index is 1840. The van der Waals surface area contributed by atoms with Crippen LogP contribution in [0.4, 0.5) is 0 Å². The van der Waals surface area contributed by atoms with Crippen LogP contribution in [0.2, 0.25) is 0 Å². The minimum Gasteiger partial charge on any atom is -0.462 e. The van der Waals surface area contributed by atoms with E-state index < -0.39 is 0 Å². The summed E-state index contributed by atoms with van der Waals surface area (Å²) >= 11 is 0. The molecule has 0 N–H and O–H groups in total. The summed E-state index contributed by atoms with van der Waals surface area (Å²) in [5.41, 5.74) is 9.18. The average molecular weight is 729 g/mol. The molecule has 6 aromatic rings. The number of furan rings is 1. The van der Waals surface area contributed by atoms with Gasteiger partial charge in [0.2, 0.25) is 0 Å². The van der Waals surface area contributed by atoms with Gasteiger partial charge in [-0.1, -0.05) is 53.7 Å². The largest absolute Gasteiger partial charge is 0.462 e. The molecule has 5 nitrogen and oxygen atoms in total. The number of hydrogen-bond donors (Lipinski definition) is 0. The third-order valence-electron chi connectivity index (χ3n) is 6.93. The molecule has 6 heteroatoms. The van der Waals surface area contributed by atoms with Crippen LogP contribution in [-0.2, 0) is 30.9 Å². The van der Waals surface area contributed by atoms with Crippen LogP contribution in [0.1, 0.15) is 58.2 Å². The molecule has 0 unspecified atom stereocenters. The molecule has 3 aromatic heterocycles. The fraction of sp³-hybridized carbons (Fsp3) is 0.222. The zero-order valence-corrected chi connectivity index (χ0v) is 27.0. The van der Waals surface area contributed by atoms with E-state index in [1.54, 1.807) is 18.6 Å². The standard InChI is InChI=1S/C20H17N2O.C16H15N2.Ir/c1-20(2,3)14-9-10-15-16(11-14)23-19-17(21-12-22-18(15)19)13-7-5-4-6-8-13;1-16(2,3)14-7-5-13(6-8-14)15-9-4-12(10-17)11-18-15;/h4-7,9-12H,1-3H3;4-5,7-9,11H,1-3H3;/q2*-1;. The first-order valence-electron chi connectivity index (χ1n) is 13.6. The van der Waals surface area contributed by atoms with Gasteiger partial charge in [0, 0.05) is 37.4 Å². The molecule has 0 spiro atoms. The smallest absolute Gasteiger partial charge is 0.138 e. The Labute approximate surface area is 261 Å². The molecule has 0 bridgehead atoms. The number of benzene rings is 3. The predicted molar refractivity (Wildman–Crippen MR) is 164 cm³/mol. The second-order valence-electron chi connectivity index (χ2n) is 12.0. The van der Waals surface area contributed by atoms with E-state index in [0.29, 0.717) is 5.56 Å². The van der Waals surface area contributed by atoms with Gasteiger partial charge in [0.25, 0.3) is 0 Å². The van der Waals surface area contributed by atoms with Crippen LogP contribution in [0.15, 0.2) is 89.7 Å². The molecule has 213 valence electrons. The predicted octanol–water partition coefficient (Wildman–Crippen LogP) is 8.86. The summed E-state index contributed by atoms with van der Waals surface area (Å²) in [7, 11) is 0. The van der Waals surface area contributed by atoms with Crippen molar-refractivity contribution in [1.29, 1.82) is 5.26 Å². The first kappa shape index (κ1) is 30.8. The zero-order valence-electron chi connectivity index (χ0n) is 24.6. The molecule has 6 rings (SSSR count). The fourth-order valence-electron chi connectivity index (χ4n) is 4.44. The van der Waals surface area contributed by atoms with Gasteiger partial charge in [-0.15, -0.1) is 71.3 Å². The molecule has 3 aromatic carbocycles. The van der Waals surface area contributed by atoms with E-state index >= 15 is 0 Å². The summed E-state index contributed by atoms with van der Waals surface area (Å²) in [5, 5.41) is 9.75. The molecule has 0 saturated carbocycles. The van der Waals surface area contributed by atoms with Crippen molar-refractivity contribution in [3.63, 3.8) is 0 Å². The quantitative estimate of drug-likeness (QED) is 0.167. The van der Waals surface area contributed by atoms with Crippen LogP contribution in [-0.4, -0.2) is 15.0 Å². The van der Waals surface area contributed by atoms with Gasteiger partial charge in [-0.25, -0.2) is 4.98 Å². The van der Waals surface area contributed by atoms with E-state index in [0.717, 1.165) is 44.6 Å². The van der Waals surface area contributed by atoms with Gasteiger partial charge in [0.05, 0.1) is 5.56 Å². The summed E-state index contributed by atoms with van der Waals surface area (Å²) in [5.74, 6) is 0. The summed E-state index contributed by atoms with van der Waals surface area (Å²) in [6.07, 6.45) is 3.17. The van der Waals surface area contributed by atoms with E-state index in [-0.39, 0.29) is 30.9 Å². The van der Waals surface area contributed by atoms with E-state index in [1.807, 2.05) is 42.5 Å². The molecule has 0 saturated heterocycles. The molecule has 0 atom stereocenters. The third kappa shape index (κ3) is 6.65. The molecular weight excluding hydrogens is 697 g/mol. The van der Waals surface area contributed by atoms with Crippen molar-refractivity contribution in [1.82, 2.24) is 15.0 Å². The van der Waals surface area contributed by atoms with Crippen LogP contribution < -0.4 is 0 Å². The molecule has 3 heterocycles. The second kappa shape index (κ2) is 12.4.